The molecular formula is C20H20N4O2S. The van der Waals surface area contributed by atoms with E-state index < -0.39 is 0 Å². The average Bonchev–Trinajstić information content (AvgIpc) is 2.69. The Morgan fingerprint density at radius 1 is 1.19 bits per heavy atom. The van der Waals surface area contributed by atoms with Crippen LogP contribution in [0.2, 0.25) is 0 Å². The molecule has 7 heteroatoms. The van der Waals surface area contributed by atoms with Crippen LogP contribution in [0.15, 0.2) is 64.5 Å². The molecule has 2 aromatic carbocycles. The van der Waals surface area contributed by atoms with Crippen molar-refractivity contribution in [1.29, 1.82) is 0 Å². The summed E-state index contributed by atoms with van der Waals surface area (Å²) in [6.45, 7) is 2.08. The molecule has 27 heavy (non-hydrogen) atoms. The van der Waals surface area contributed by atoms with Crippen molar-refractivity contribution in [2.24, 2.45) is 0 Å². The van der Waals surface area contributed by atoms with Crippen molar-refractivity contribution in [2.45, 2.75) is 23.3 Å². The molecule has 0 unspecified atom stereocenters. The largest absolute Gasteiger partial charge is 0.497 e. The van der Waals surface area contributed by atoms with E-state index in [4.69, 9.17) is 10.5 Å². The molecule has 0 aliphatic carbocycles. The number of carbonyl (C=O) groups is 1. The van der Waals surface area contributed by atoms with Crippen LogP contribution >= 0.6 is 11.8 Å². The number of para-hydroxylation sites is 1. The molecule has 0 aliphatic rings. The number of ether oxygens (including phenoxy) is 1. The van der Waals surface area contributed by atoms with E-state index in [1.807, 2.05) is 48.5 Å². The molecule has 1 amide bonds. The predicted octanol–water partition coefficient (Wildman–Crippen LogP) is 3.69. The molecule has 0 spiro atoms. The van der Waals surface area contributed by atoms with Gasteiger partial charge in [-0.25, -0.2) is 9.97 Å². The Hall–Kier alpha value is -3.06. The molecule has 1 aromatic heterocycles. The quantitative estimate of drug-likeness (QED) is 0.630. The van der Waals surface area contributed by atoms with E-state index in [0.717, 1.165) is 27.6 Å². The van der Waals surface area contributed by atoms with E-state index in [1.165, 1.54) is 0 Å². The number of hydrogen-bond donors (Lipinski definition) is 1. The normalized spacial score (nSPS) is 10.4. The average molecular weight is 380 g/mol. The minimum absolute atomic E-state index is 0.301. The molecule has 3 aromatic rings. The first-order valence-corrected chi connectivity index (χ1v) is 9.13. The number of rotatable bonds is 7. The highest BCUT2D eigenvalue weighted by molar-refractivity contribution is 7.99. The highest BCUT2D eigenvalue weighted by Crippen LogP contribution is 2.36. The topological polar surface area (TPSA) is 81.3 Å². The van der Waals surface area contributed by atoms with E-state index in [0.29, 0.717) is 23.8 Å². The maximum absolute atomic E-state index is 11.8. The van der Waals surface area contributed by atoms with E-state index in [-0.39, 0.29) is 0 Å². The lowest BCUT2D eigenvalue weighted by Crippen LogP contribution is -2.22. The van der Waals surface area contributed by atoms with E-state index in [9.17, 15) is 4.79 Å². The lowest BCUT2D eigenvalue weighted by molar-refractivity contribution is -0.107. The van der Waals surface area contributed by atoms with Gasteiger partial charge in [-0.05, 0) is 43.3 Å². The van der Waals surface area contributed by atoms with Crippen LogP contribution in [0.3, 0.4) is 0 Å². The van der Waals surface area contributed by atoms with Gasteiger partial charge >= 0.3 is 0 Å². The van der Waals surface area contributed by atoms with Crippen LogP contribution in [0.1, 0.15) is 11.4 Å². The lowest BCUT2D eigenvalue weighted by atomic mass is 10.2. The predicted molar refractivity (Wildman–Crippen MR) is 107 cm³/mol. The minimum atomic E-state index is 0.301. The lowest BCUT2D eigenvalue weighted by Gasteiger charge is -2.21. The summed E-state index contributed by atoms with van der Waals surface area (Å²) < 4.78 is 5.20. The maximum Gasteiger partial charge on any atom is 0.214 e. The first kappa shape index (κ1) is 18.7. The van der Waals surface area contributed by atoms with E-state index in [1.54, 1.807) is 36.9 Å². The Bertz CT molecular complexity index is 932. The molecule has 1 heterocycles. The number of hydrogen-bond acceptors (Lipinski definition) is 6. The van der Waals surface area contributed by atoms with Crippen molar-refractivity contribution >= 4 is 29.7 Å². The summed E-state index contributed by atoms with van der Waals surface area (Å²) in [5, 5.41) is 0. The molecule has 0 bridgehead atoms. The van der Waals surface area contributed by atoms with Crippen LogP contribution in [0.4, 0.5) is 11.5 Å². The van der Waals surface area contributed by atoms with Crippen LogP contribution in [0.25, 0.3) is 0 Å². The van der Waals surface area contributed by atoms with Crippen molar-refractivity contribution in [3.8, 4) is 5.75 Å². The third kappa shape index (κ3) is 4.57. The highest BCUT2D eigenvalue weighted by atomic mass is 32.2. The first-order chi connectivity index (χ1) is 13.1. The van der Waals surface area contributed by atoms with Gasteiger partial charge in [0.1, 0.15) is 17.4 Å². The number of carbonyl (C=O) groups excluding carboxylic acids is 1. The summed E-state index contributed by atoms with van der Waals surface area (Å²) in [5.74, 6) is 1.79. The molecular weight excluding hydrogens is 360 g/mol. The van der Waals surface area contributed by atoms with Crippen LogP contribution in [0.5, 0.6) is 5.75 Å². The molecule has 6 nitrogen and oxygen atoms in total. The van der Waals surface area contributed by atoms with Gasteiger partial charge in [0.15, 0.2) is 0 Å². The van der Waals surface area contributed by atoms with E-state index in [2.05, 4.69) is 9.97 Å². The fourth-order valence-electron chi connectivity index (χ4n) is 2.55. The van der Waals surface area contributed by atoms with Crippen molar-refractivity contribution in [3.05, 3.63) is 66.1 Å². The second-order valence-corrected chi connectivity index (χ2v) is 6.92. The second kappa shape index (κ2) is 8.55. The number of nitrogens with two attached hydrogens (primary N) is 1. The van der Waals surface area contributed by atoms with Gasteiger partial charge < -0.3 is 15.4 Å². The summed E-state index contributed by atoms with van der Waals surface area (Å²) >= 11 is 1.58. The molecule has 0 aliphatic heterocycles. The van der Waals surface area contributed by atoms with Crippen molar-refractivity contribution in [2.75, 3.05) is 17.7 Å². The Labute approximate surface area is 162 Å². The summed E-state index contributed by atoms with van der Waals surface area (Å²) in [7, 11) is 1.64. The van der Waals surface area contributed by atoms with E-state index >= 15 is 0 Å². The first-order valence-electron chi connectivity index (χ1n) is 8.31. The third-order valence-corrected chi connectivity index (χ3v) is 5.02. The molecule has 0 saturated heterocycles. The number of benzene rings is 2. The Balaban J connectivity index is 1.86. The third-order valence-electron chi connectivity index (χ3n) is 3.95. The Kier molecular flexibility index (Phi) is 5.93. The van der Waals surface area contributed by atoms with Gasteiger partial charge in [-0.1, -0.05) is 23.9 Å². The molecule has 0 fully saturated rings. The second-order valence-electron chi connectivity index (χ2n) is 5.81. The van der Waals surface area contributed by atoms with Crippen molar-refractivity contribution < 1.29 is 9.53 Å². The standard InChI is InChI=1S/C20H20N4O2S/c1-14-22-11-15(20(21)23-14)12-24(13-25)18-5-3-4-6-19(18)27-17-9-7-16(26-2)8-10-17/h3-11,13H,12H2,1-2H3,(H2,21,22,23). The zero-order chi connectivity index (χ0) is 19.2. The molecule has 0 radical (unpaired) electrons. The van der Waals surface area contributed by atoms with Gasteiger partial charge in [0.05, 0.1) is 19.3 Å². The number of aromatic nitrogens is 2. The SMILES string of the molecule is COc1ccc(Sc2ccccc2N(C=O)Cc2cnc(C)nc2N)cc1. The maximum atomic E-state index is 11.8. The fraction of sp³-hybridized carbons (Fsp3) is 0.150. The van der Waals surface area contributed by atoms with Crippen LogP contribution in [-0.4, -0.2) is 23.5 Å². The number of anilines is 2. The van der Waals surface area contributed by atoms with Gasteiger partial charge in [0, 0.05) is 21.6 Å². The molecule has 0 atom stereocenters. The van der Waals surface area contributed by atoms with Crippen molar-refractivity contribution in [3.63, 3.8) is 0 Å². The minimum Gasteiger partial charge on any atom is -0.497 e. The van der Waals surface area contributed by atoms with Crippen molar-refractivity contribution in [1.82, 2.24) is 9.97 Å². The molecule has 3 rings (SSSR count). The number of nitrogens with zero attached hydrogens (tertiary/aromatic N) is 3. The Morgan fingerprint density at radius 2 is 1.93 bits per heavy atom. The molecule has 2 N–H and O–H groups in total. The molecule has 0 saturated carbocycles. The van der Waals surface area contributed by atoms with Gasteiger partial charge in [-0.3, -0.25) is 4.79 Å². The smallest absolute Gasteiger partial charge is 0.214 e. The van der Waals surface area contributed by atoms with Crippen LogP contribution in [0, 0.1) is 6.92 Å². The summed E-state index contributed by atoms with van der Waals surface area (Å²) in [6, 6.07) is 15.5. The van der Waals surface area contributed by atoms with Gasteiger partial charge in [0.25, 0.3) is 0 Å². The van der Waals surface area contributed by atoms with Gasteiger partial charge in [-0.15, -0.1) is 0 Å². The zero-order valence-corrected chi connectivity index (χ0v) is 15.9. The van der Waals surface area contributed by atoms with Crippen LogP contribution < -0.4 is 15.4 Å². The summed E-state index contributed by atoms with van der Waals surface area (Å²) in [6.07, 6.45) is 2.46. The summed E-state index contributed by atoms with van der Waals surface area (Å²) in [4.78, 5) is 23.8. The highest BCUT2D eigenvalue weighted by Gasteiger charge is 2.14. The van der Waals surface area contributed by atoms with Gasteiger partial charge in [0.2, 0.25) is 6.41 Å². The molecule has 138 valence electrons. The van der Waals surface area contributed by atoms with Gasteiger partial charge in [-0.2, -0.15) is 0 Å². The number of amides is 1. The number of methoxy groups -OCH3 is 1. The monoisotopic (exact) mass is 380 g/mol. The fourth-order valence-corrected chi connectivity index (χ4v) is 3.51. The Morgan fingerprint density at radius 3 is 2.59 bits per heavy atom. The zero-order valence-electron chi connectivity index (χ0n) is 15.1. The number of aryl methyl sites for hydroxylation is 1. The number of nitrogen functional groups attached to an aromatic ring is 1. The summed E-state index contributed by atoms with van der Waals surface area (Å²) in [5.41, 5.74) is 7.49. The van der Waals surface area contributed by atoms with Crippen LogP contribution in [-0.2, 0) is 11.3 Å².